The van der Waals surface area contributed by atoms with Crippen molar-refractivity contribution in [3.05, 3.63) is 41.5 Å². The summed E-state index contributed by atoms with van der Waals surface area (Å²) in [5.41, 5.74) is 2.70. The van der Waals surface area contributed by atoms with Gasteiger partial charge in [0, 0.05) is 51.3 Å². The van der Waals surface area contributed by atoms with Gasteiger partial charge in [0.1, 0.15) is 11.6 Å². The second-order valence-electron chi connectivity index (χ2n) is 9.45. The third-order valence-electron chi connectivity index (χ3n) is 7.13. The fourth-order valence-corrected chi connectivity index (χ4v) is 5.38. The van der Waals surface area contributed by atoms with Gasteiger partial charge in [0.15, 0.2) is 0 Å². The van der Waals surface area contributed by atoms with Gasteiger partial charge >= 0.3 is 0 Å². The van der Waals surface area contributed by atoms with E-state index >= 15 is 0 Å². The van der Waals surface area contributed by atoms with Crippen molar-refractivity contribution < 1.29 is 0 Å². The summed E-state index contributed by atoms with van der Waals surface area (Å²) in [6, 6.07) is 10.9. The van der Waals surface area contributed by atoms with Crippen molar-refractivity contribution in [2.45, 2.75) is 64.2 Å². The van der Waals surface area contributed by atoms with E-state index in [9.17, 15) is 0 Å². The minimum absolute atomic E-state index is 0.915. The molecule has 0 saturated carbocycles. The van der Waals surface area contributed by atoms with Gasteiger partial charge in [-0.05, 0) is 63.4 Å². The van der Waals surface area contributed by atoms with E-state index in [2.05, 4.69) is 45.0 Å². The van der Waals surface area contributed by atoms with Gasteiger partial charge in [-0.2, -0.15) is 9.97 Å². The lowest BCUT2D eigenvalue weighted by Crippen LogP contribution is -2.37. The molecule has 31 heavy (non-hydrogen) atoms. The molecule has 0 radical (unpaired) electrons. The van der Waals surface area contributed by atoms with Crippen molar-refractivity contribution in [2.75, 3.05) is 54.0 Å². The summed E-state index contributed by atoms with van der Waals surface area (Å²) in [4.78, 5) is 18.1. The van der Waals surface area contributed by atoms with Crippen LogP contribution in [0, 0.1) is 0 Å². The second-order valence-corrected chi connectivity index (χ2v) is 9.45. The van der Waals surface area contributed by atoms with Gasteiger partial charge in [-0.3, -0.25) is 0 Å². The van der Waals surface area contributed by atoms with Crippen molar-refractivity contribution >= 4 is 17.6 Å². The summed E-state index contributed by atoms with van der Waals surface area (Å²) in [7, 11) is 0. The zero-order valence-electron chi connectivity index (χ0n) is 18.9. The monoisotopic (exact) mass is 419 g/mol. The van der Waals surface area contributed by atoms with E-state index in [0.717, 1.165) is 51.6 Å². The number of anilines is 3. The maximum atomic E-state index is 5.29. The molecule has 0 unspecified atom stereocenters. The van der Waals surface area contributed by atoms with Crippen molar-refractivity contribution in [3.8, 4) is 0 Å². The Morgan fingerprint density at radius 3 is 1.48 bits per heavy atom. The molecule has 1 aromatic heterocycles. The number of hydrogen-bond acceptors (Lipinski definition) is 5. The lowest BCUT2D eigenvalue weighted by Gasteiger charge is -2.36. The molecule has 4 heterocycles. The minimum Gasteiger partial charge on any atom is -0.356 e. The molecule has 3 fully saturated rings. The summed E-state index contributed by atoms with van der Waals surface area (Å²) in [5.74, 6) is 3.39. The molecule has 3 saturated heterocycles. The Labute approximate surface area is 187 Å². The first-order valence-corrected chi connectivity index (χ1v) is 12.6. The number of aromatic nitrogens is 2. The van der Waals surface area contributed by atoms with Crippen LogP contribution in [0.15, 0.2) is 30.3 Å². The van der Waals surface area contributed by atoms with Gasteiger partial charge in [-0.1, -0.05) is 30.3 Å². The first kappa shape index (κ1) is 20.6. The molecule has 0 amide bonds. The van der Waals surface area contributed by atoms with E-state index < -0.39 is 0 Å². The number of hydrogen-bond donors (Lipinski definition) is 0. The van der Waals surface area contributed by atoms with Crippen LogP contribution in [0.1, 0.15) is 68.9 Å². The van der Waals surface area contributed by atoms with Crippen LogP contribution in [0.2, 0.25) is 0 Å². The molecule has 1 aromatic carbocycles. The first-order valence-electron chi connectivity index (χ1n) is 12.6. The van der Waals surface area contributed by atoms with Crippen LogP contribution in [0.4, 0.5) is 17.6 Å². The van der Waals surface area contributed by atoms with Gasteiger partial charge < -0.3 is 14.7 Å². The van der Waals surface area contributed by atoms with Gasteiger partial charge in [0.05, 0.1) is 0 Å². The van der Waals surface area contributed by atoms with Crippen LogP contribution in [0.3, 0.4) is 0 Å². The van der Waals surface area contributed by atoms with E-state index in [1.165, 1.54) is 80.6 Å². The summed E-state index contributed by atoms with van der Waals surface area (Å²) in [6.07, 6.45) is 12.5. The van der Waals surface area contributed by atoms with E-state index in [-0.39, 0.29) is 0 Å². The van der Waals surface area contributed by atoms with Crippen LogP contribution < -0.4 is 14.7 Å². The third kappa shape index (κ3) is 4.81. The van der Waals surface area contributed by atoms with Crippen LogP contribution in [-0.2, 0) is 6.42 Å². The number of benzene rings is 1. The highest BCUT2D eigenvalue weighted by atomic mass is 15.3. The van der Waals surface area contributed by atoms with Crippen LogP contribution in [0.5, 0.6) is 0 Å². The minimum atomic E-state index is 0.915. The van der Waals surface area contributed by atoms with E-state index in [4.69, 9.17) is 9.97 Å². The highest BCUT2D eigenvalue weighted by Gasteiger charge is 2.27. The third-order valence-corrected chi connectivity index (χ3v) is 7.13. The summed E-state index contributed by atoms with van der Waals surface area (Å²) < 4.78 is 0. The molecule has 2 aromatic rings. The molecule has 5 rings (SSSR count). The molecule has 0 atom stereocenters. The topological polar surface area (TPSA) is 35.5 Å². The van der Waals surface area contributed by atoms with E-state index in [1.807, 2.05) is 0 Å². The Kier molecular flexibility index (Phi) is 6.57. The molecule has 0 bridgehead atoms. The number of nitrogens with zero attached hydrogens (tertiary/aromatic N) is 5. The maximum absolute atomic E-state index is 5.29. The van der Waals surface area contributed by atoms with Gasteiger partial charge in [0.25, 0.3) is 0 Å². The van der Waals surface area contributed by atoms with Crippen LogP contribution >= 0.6 is 0 Å². The molecule has 0 aliphatic carbocycles. The summed E-state index contributed by atoms with van der Waals surface area (Å²) >= 11 is 0. The molecule has 0 spiro atoms. The molecule has 166 valence electrons. The zero-order valence-corrected chi connectivity index (χ0v) is 18.9. The largest absolute Gasteiger partial charge is 0.356 e. The smallest absolute Gasteiger partial charge is 0.229 e. The Morgan fingerprint density at radius 2 is 1.00 bits per heavy atom. The SMILES string of the molecule is c1ccc(Cc2c(N3CCCCC3)nc(N3CCCCC3)nc2N2CCCCC2)cc1. The van der Waals surface area contributed by atoms with E-state index in [0.29, 0.717) is 0 Å². The lowest BCUT2D eigenvalue weighted by atomic mass is 10.0. The van der Waals surface area contributed by atoms with Crippen LogP contribution in [0.25, 0.3) is 0 Å². The fraction of sp³-hybridized carbons (Fsp3) is 0.615. The first-order chi connectivity index (χ1) is 15.4. The van der Waals surface area contributed by atoms with Gasteiger partial charge in [0.2, 0.25) is 5.95 Å². The Hall–Kier alpha value is -2.30. The van der Waals surface area contributed by atoms with E-state index in [1.54, 1.807) is 0 Å². The summed E-state index contributed by atoms with van der Waals surface area (Å²) in [6.45, 7) is 6.68. The average molecular weight is 420 g/mol. The van der Waals surface area contributed by atoms with Crippen molar-refractivity contribution in [3.63, 3.8) is 0 Å². The van der Waals surface area contributed by atoms with Crippen LogP contribution in [-0.4, -0.2) is 49.2 Å². The quantitative estimate of drug-likeness (QED) is 0.679. The predicted molar refractivity (Wildman–Crippen MR) is 129 cm³/mol. The average Bonchev–Trinajstić information content (AvgIpc) is 2.86. The fourth-order valence-electron chi connectivity index (χ4n) is 5.38. The second kappa shape index (κ2) is 9.88. The standard InChI is InChI=1S/C26H37N5/c1-5-13-22(14-6-1)21-23-24(29-15-7-2-8-16-29)27-26(31-19-11-4-12-20-31)28-25(23)30-17-9-3-10-18-30/h1,5-6,13-14H,2-4,7-12,15-21H2. The number of piperidine rings is 3. The van der Waals surface area contributed by atoms with Crippen molar-refractivity contribution in [2.24, 2.45) is 0 Å². The highest BCUT2D eigenvalue weighted by molar-refractivity contribution is 5.65. The zero-order chi connectivity index (χ0) is 20.9. The molecule has 5 nitrogen and oxygen atoms in total. The Morgan fingerprint density at radius 1 is 0.548 bits per heavy atom. The van der Waals surface area contributed by atoms with Crippen molar-refractivity contribution in [1.29, 1.82) is 0 Å². The van der Waals surface area contributed by atoms with Crippen molar-refractivity contribution in [1.82, 2.24) is 9.97 Å². The molecule has 3 aliphatic rings. The Balaban J connectivity index is 1.60. The van der Waals surface area contributed by atoms with Gasteiger partial charge in [-0.25, -0.2) is 0 Å². The molecular formula is C26H37N5. The predicted octanol–water partition coefficient (Wildman–Crippen LogP) is 5.04. The molecule has 0 N–H and O–H groups in total. The Bertz CT molecular complexity index is 795. The summed E-state index contributed by atoms with van der Waals surface area (Å²) in [5, 5.41) is 0. The molecule has 3 aliphatic heterocycles. The molecular weight excluding hydrogens is 382 g/mol. The lowest BCUT2D eigenvalue weighted by molar-refractivity contribution is 0.552. The molecule has 5 heteroatoms. The normalized spacial score (nSPS) is 20.2. The highest BCUT2D eigenvalue weighted by Crippen LogP contribution is 2.35. The maximum Gasteiger partial charge on any atom is 0.229 e. The van der Waals surface area contributed by atoms with Gasteiger partial charge in [-0.15, -0.1) is 0 Å². The number of rotatable bonds is 5.